The van der Waals surface area contributed by atoms with E-state index in [4.69, 9.17) is 0 Å². The first-order valence-electron chi connectivity index (χ1n) is 6.29. The van der Waals surface area contributed by atoms with Crippen molar-refractivity contribution in [1.82, 2.24) is 5.32 Å². The molecule has 0 spiro atoms. The van der Waals surface area contributed by atoms with Gasteiger partial charge in [0, 0.05) is 6.04 Å². The minimum atomic E-state index is -0.297. The smallest absolute Gasteiger partial charge is 0.109 e. The summed E-state index contributed by atoms with van der Waals surface area (Å²) in [5.41, 5.74) is -0.0613. The number of nitrogens with zero attached hydrogens (tertiary/aromatic N) is 1. The standard InChI is InChI=1S/C13H22N2/c1-12(8-9-12)13(2,10-14)15-11-6-4-3-5-7-11/h11,15H,3-9H2,1-2H3. The minimum absolute atomic E-state index is 0.235. The Morgan fingerprint density at radius 1 is 1.27 bits per heavy atom. The molecular weight excluding hydrogens is 184 g/mol. The van der Waals surface area contributed by atoms with Crippen LogP contribution >= 0.6 is 0 Å². The molecule has 84 valence electrons. The van der Waals surface area contributed by atoms with Crippen molar-refractivity contribution in [2.45, 2.75) is 70.4 Å². The Kier molecular flexibility index (Phi) is 2.77. The molecule has 1 atom stereocenters. The van der Waals surface area contributed by atoms with Crippen LogP contribution in [0, 0.1) is 16.7 Å². The molecule has 0 bridgehead atoms. The van der Waals surface area contributed by atoms with Crippen molar-refractivity contribution in [3.05, 3.63) is 0 Å². The monoisotopic (exact) mass is 206 g/mol. The average Bonchev–Trinajstić information content (AvgIpc) is 2.99. The van der Waals surface area contributed by atoms with Gasteiger partial charge in [-0.05, 0) is 38.0 Å². The van der Waals surface area contributed by atoms with Gasteiger partial charge in [0.2, 0.25) is 0 Å². The van der Waals surface area contributed by atoms with Gasteiger partial charge in [-0.15, -0.1) is 0 Å². The molecule has 2 saturated carbocycles. The van der Waals surface area contributed by atoms with E-state index in [-0.39, 0.29) is 11.0 Å². The zero-order chi connectivity index (χ0) is 10.9. The Morgan fingerprint density at radius 2 is 1.87 bits per heavy atom. The fourth-order valence-electron chi connectivity index (χ4n) is 2.68. The Hall–Kier alpha value is -0.550. The highest BCUT2D eigenvalue weighted by Crippen LogP contribution is 2.53. The van der Waals surface area contributed by atoms with Gasteiger partial charge in [-0.1, -0.05) is 26.2 Å². The molecular formula is C13H22N2. The third kappa shape index (κ3) is 2.03. The topological polar surface area (TPSA) is 35.8 Å². The molecule has 0 aromatic heterocycles. The summed E-state index contributed by atoms with van der Waals surface area (Å²) in [6.45, 7) is 4.33. The lowest BCUT2D eigenvalue weighted by Gasteiger charge is -2.36. The highest BCUT2D eigenvalue weighted by atomic mass is 15.0. The second-order valence-electron chi connectivity index (χ2n) is 5.78. The van der Waals surface area contributed by atoms with Gasteiger partial charge in [0.25, 0.3) is 0 Å². The van der Waals surface area contributed by atoms with Crippen molar-refractivity contribution >= 4 is 0 Å². The lowest BCUT2D eigenvalue weighted by atomic mass is 9.82. The molecule has 0 aromatic carbocycles. The first-order valence-corrected chi connectivity index (χ1v) is 6.29. The number of nitriles is 1. The SMILES string of the molecule is CC1(C(C)(C#N)NC2CCCCC2)CC1. The van der Waals surface area contributed by atoms with Gasteiger partial charge >= 0.3 is 0 Å². The van der Waals surface area contributed by atoms with Crippen LogP contribution < -0.4 is 5.32 Å². The van der Waals surface area contributed by atoms with E-state index in [1.807, 2.05) is 0 Å². The Morgan fingerprint density at radius 3 is 2.33 bits per heavy atom. The van der Waals surface area contributed by atoms with E-state index in [0.717, 1.165) is 0 Å². The van der Waals surface area contributed by atoms with Crippen LogP contribution in [0.2, 0.25) is 0 Å². The summed E-state index contributed by atoms with van der Waals surface area (Å²) in [6.07, 6.45) is 8.96. The molecule has 2 heteroatoms. The first kappa shape index (κ1) is 11.0. The fraction of sp³-hybridized carbons (Fsp3) is 0.923. The zero-order valence-corrected chi connectivity index (χ0v) is 9.97. The van der Waals surface area contributed by atoms with Gasteiger partial charge in [0.05, 0.1) is 6.07 Å². The Labute approximate surface area is 93.0 Å². The van der Waals surface area contributed by atoms with Crippen LogP contribution in [0.3, 0.4) is 0 Å². The second kappa shape index (κ2) is 3.79. The van der Waals surface area contributed by atoms with Crippen LogP contribution in [0.4, 0.5) is 0 Å². The lowest BCUT2D eigenvalue weighted by Crippen LogP contribution is -2.53. The number of hydrogen-bond donors (Lipinski definition) is 1. The highest BCUT2D eigenvalue weighted by Gasteiger charge is 2.54. The second-order valence-corrected chi connectivity index (χ2v) is 5.78. The molecule has 2 rings (SSSR count). The van der Waals surface area contributed by atoms with Crippen LogP contribution in [-0.4, -0.2) is 11.6 Å². The zero-order valence-electron chi connectivity index (χ0n) is 9.97. The van der Waals surface area contributed by atoms with Crippen LogP contribution in [0.5, 0.6) is 0 Å². The van der Waals surface area contributed by atoms with Crippen molar-refractivity contribution in [2.75, 3.05) is 0 Å². The summed E-state index contributed by atoms with van der Waals surface area (Å²) in [7, 11) is 0. The van der Waals surface area contributed by atoms with Gasteiger partial charge in [0.1, 0.15) is 5.54 Å². The summed E-state index contributed by atoms with van der Waals surface area (Å²) in [6, 6.07) is 3.10. The predicted molar refractivity (Wildman–Crippen MR) is 61.4 cm³/mol. The number of rotatable bonds is 3. The lowest BCUT2D eigenvalue weighted by molar-refractivity contribution is 0.233. The van der Waals surface area contributed by atoms with Crippen molar-refractivity contribution in [1.29, 1.82) is 5.26 Å². The van der Waals surface area contributed by atoms with Gasteiger partial charge < -0.3 is 0 Å². The third-order valence-electron chi connectivity index (χ3n) is 4.53. The number of nitrogens with one attached hydrogen (secondary N) is 1. The molecule has 0 radical (unpaired) electrons. The fourth-order valence-corrected chi connectivity index (χ4v) is 2.68. The van der Waals surface area contributed by atoms with E-state index in [9.17, 15) is 5.26 Å². The predicted octanol–water partition coefficient (Wildman–Crippen LogP) is 2.99. The van der Waals surface area contributed by atoms with Crippen LogP contribution in [0.15, 0.2) is 0 Å². The Balaban J connectivity index is 1.98. The van der Waals surface area contributed by atoms with Gasteiger partial charge in [-0.25, -0.2) is 0 Å². The van der Waals surface area contributed by atoms with Crippen LogP contribution in [0.25, 0.3) is 0 Å². The molecule has 2 nitrogen and oxygen atoms in total. The van der Waals surface area contributed by atoms with Crippen molar-refractivity contribution in [3.63, 3.8) is 0 Å². The maximum atomic E-state index is 9.38. The molecule has 0 aliphatic heterocycles. The maximum absolute atomic E-state index is 9.38. The molecule has 2 aliphatic carbocycles. The minimum Gasteiger partial charge on any atom is -0.296 e. The van der Waals surface area contributed by atoms with E-state index in [1.165, 1.54) is 44.9 Å². The van der Waals surface area contributed by atoms with Crippen LogP contribution in [0.1, 0.15) is 58.8 Å². The summed E-state index contributed by atoms with van der Waals surface area (Å²) in [5, 5.41) is 13.0. The Bertz CT molecular complexity index is 269. The summed E-state index contributed by atoms with van der Waals surface area (Å²) < 4.78 is 0. The molecule has 0 heterocycles. The van der Waals surface area contributed by atoms with E-state index in [2.05, 4.69) is 25.2 Å². The molecule has 1 N–H and O–H groups in total. The molecule has 15 heavy (non-hydrogen) atoms. The molecule has 1 unspecified atom stereocenters. The molecule has 0 amide bonds. The van der Waals surface area contributed by atoms with Gasteiger partial charge in [0.15, 0.2) is 0 Å². The van der Waals surface area contributed by atoms with Crippen molar-refractivity contribution < 1.29 is 0 Å². The highest BCUT2D eigenvalue weighted by molar-refractivity contribution is 5.20. The van der Waals surface area contributed by atoms with E-state index in [1.54, 1.807) is 0 Å². The quantitative estimate of drug-likeness (QED) is 0.770. The summed E-state index contributed by atoms with van der Waals surface area (Å²) >= 11 is 0. The maximum Gasteiger partial charge on any atom is 0.109 e. The van der Waals surface area contributed by atoms with Gasteiger partial charge in [-0.2, -0.15) is 5.26 Å². The van der Waals surface area contributed by atoms with Crippen LogP contribution in [-0.2, 0) is 0 Å². The molecule has 0 aromatic rings. The van der Waals surface area contributed by atoms with E-state index in [0.29, 0.717) is 6.04 Å². The van der Waals surface area contributed by atoms with E-state index >= 15 is 0 Å². The van der Waals surface area contributed by atoms with Crippen molar-refractivity contribution in [2.24, 2.45) is 5.41 Å². The number of hydrogen-bond acceptors (Lipinski definition) is 2. The first-order chi connectivity index (χ1) is 7.10. The largest absolute Gasteiger partial charge is 0.296 e. The van der Waals surface area contributed by atoms with E-state index < -0.39 is 0 Å². The summed E-state index contributed by atoms with van der Waals surface area (Å²) in [4.78, 5) is 0. The van der Waals surface area contributed by atoms with Gasteiger partial charge in [-0.3, -0.25) is 5.32 Å². The summed E-state index contributed by atoms with van der Waals surface area (Å²) in [5.74, 6) is 0. The average molecular weight is 206 g/mol. The molecule has 2 fully saturated rings. The normalized spacial score (nSPS) is 29.1. The molecule has 2 aliphatic rings. The van der Waals surface area contributed by atoms with Crippen molar-refractivity contribution in [3.8, 4) is 6.07 Å². The third-order valence-corrected chi connectivity index (χ3v) is 4.53. The molecule has 0 saturated heterocycles.